The Morgan fingerprint density at radius 1 is 1.64 bits per heavy atom. The molecule has 0 aliphatic heterocycles. The van der Waals surface area contributed by atoms with Crippen molar-refractivity contribution in [1.29, 1.82) is 0 Å². The number of aromatic nitrogens is 2. The molecule has 0 amide bonds. The molecule has 0 aromatic carbocycles. The summed E-state index contributed by atoms with van der Waals surface area (Å²) in [6, 6.07) is 0. The van der Waals surface area contributed by atoms with E-state index in [4.69, 9.17) is 0 Å². The van der Waals surface area contributed by atoms with Gasteiger partial charge in [0, 0.05) is 24.3 Å². The maximum absolute atomic E-state index is 11.1. The smallest absolute Gasteiger partial charge is 0.178 e. The Morgan fingerprint density at radius 2 is 2.29 bits per heavy atom. The lowest BCUT2D eigenvalue weighted by atomic mass is 10.2. The topological polar surface area (TPSA) is 52.0 Å². The molecule has 1 aromatic rings. The van der Waals surface area contributed by atoms with Crippen LogP contribution in [0.2, 0.25) is 0 Å². The van der Waals surface area contributed by atoms with Gasteiger partial charge in [-0.1, -0.05) is 22.9 Å². The monoisotopic (exact) mass is 280 g/mol. The Labute approximate surface area is 92.4 Å². The van der Waals surface area contributed by atoms with Crippen LogP contribution in [-0.2, 0) is 16.4 Å². The molecule has 1 heterocycles. The Bertz CT molecular complexity index is 399. The summed E-state index contributed by atoms with van der Waals surface area (Å²) in [5, 5.41) is 4.86. The number of nitrogens with zero attached hydrogens (tertiary/aromatic N) is 2. The summed E-state index contributed by atoms with van der Waals surface area (Å²) in [7, 11) is -3.12. The molecular formula is C8H13BrN2O2S. The van der Waals surface area contributed by atoms with Gasteiger partial charge in [0.25, 0.3) is 0 Å². The highest BCUT2D eigenvalue weighted by molar-refractivity contribution is 9.09. The van der Waals surface area contributed by atoms with Crippen LogP contribution in [0.3, 0.4) is 0 Å². The Kier molecular flexibility index (Phi) is 3.71. The lowest BCUT2D eigenvalue weighted by Gasteiger charge is -2.06. The molecule has 1 atom stereocenters. The molecule has 0 N–H and O–H groups in total. The lowest BCUT2D eigenvalue weighted by molar-refractivity contribution is 0.490. The molecule has 0 spiro atoms. The van der Waals surface area contributed by atoms with Crippen molar-refractivity contribution in [3.05, 3.63) is 12.4 Å². The first-order valence-corrected chi connectivity index (χ1v) is 7.23. The molecule has 80 valence electrons. The van der Waals surface area contributed by atoms with E-state index < -0.39 is 9.84 Å². The van der Waals surface area contributed by atoms with Crippen molar-refractivity contribution in [3.63, 3.8) is 0 Å². The molecule has 0 aliphatic carbocycles. The molecule has 4 nitrogen and oxygen atoms in total. The summed E-state index contributed by atoms with van der Waals surface area (Å²) in [4.78, 5) is 0.277. The quantitative estimate of drug-likeness (QED) is 0.782. The predicted octanol–water partition coefficient (Wildman–Crippen LogP) is 1.32. The molecule has 14 heavy (non-hydrogen) atoms. The van der Waals surface area contributed by atoms with E-state index in [1.807, 2.05) is 0 Å². The molecule has 1 unspecified atom stereocenters. The zero-order valence-corrected chi connectivity index (χ0v) is 10.5. The van der Waals surface area contributed by atoms with Crippen LogP contribution in [-0.4, -0.2) is 29.8 Å². The van der Waals surface area contributed by atoms with Crippen molar-refractivity contribution in [3.8, 4) is 0 Å². The second kappa shape index (κ2) is 4.44. The summed E-state index contributed by atoms with van der Waals surface area (Å²) in [6.45, 7) is 2.79. The zero-order valence-electron chi connectivity index (χ0n) is 8.14. The van der Waals surface area contributed by atoms with E-state index >= 15 is 0 Å². The van der Waals surface area contributed by atoms with Crippen LogP contribution in [0.4, 0.5) is 0 Å². The molecule has 0 aliphatic rings. The molecule has 1 aromatic heterocycles. The highest BCUT2D eigenvalue weighted by Crippen LogP contribution is 2.09. The SMILES string of the molecule is CC(CBr)Cn1cc(S(C)(=O)=O)cn1. The van der Waals surface area contributed by atoms with Crippen molar-refractivity contribution in [1.82, 2.24) is 9.78 Å². The van der Waals surface area contributed by atoms with E-state index in [1.54, 1.807) is 10.9 Å². The first kappa shape index (κ1) is 11.7. The summed E-state index contributed by atoms with van der Waals surface area (Å²) in [5.74, 6) is 0.433. The minimum atomic E-state index is -3.12. The third-order valence-corrected chi connectivity index (χ3v) is 3.97. The predicted molar refractivity (Wildman–Crippen MR) is 58.3 cm³/mol. The van der Waals surface area contributed by atoms with Crippen LogP contribution in [0.25, 0.3) is 0 Å². The molecular weight excluding hydrogens is 268 g/mol. The van der Waals surface area contributed by atoms with Crippen LogP contribution < -0.4 is 0 Å². The van der Waals surface area contributed by atoms with E-state index in [-0.39, 0.29) is 4.90 Å². The van der Waals surface area contributed by atoms with Gasteiger partial charge in [0.05, 0.1) is 6.20 Å². The number of hydrogen-bond donors (Lipinski definition) is 0. The Balaban J connectivity index is 2.79. The van der Waals surface area contributed by atoms with Crippen molar-refractivity contribution in [2.75, 3.05) is 11.6 Å². The van der Waals surface area contributed by atoms with Crippen LogP contribution in [0.5, 0.6) is 0 Å². The van der Waals surface area contributed by atoms with E-state index in [2.05, 4.69) is 28.0 Å². The fraction of sp³-hybridized carbons (Fsp3) is 0.625. The second-order valence-corrected chi connectivity index (χ2v) is 6.09. The molecule has 0 bridgehead atoms. The van der Waals surface area contributed by atoms with Crippen LogP contribution in [0, 0.1) is 5.92 Å². The number of hydrogen-bond acceptors (Lipinski definition) is 3. The fourth-order valence-corrected chi connectivity index (χ4v) is 1.76. The second-order valence-electron chi connectivity index (χ2n) is 3.43. The van der Waals surface area contributed by atoms with Crippen molar-refractivity contribution in [2.45, 2.75) is 18.4 Å². The number of alkyl halides is 1. The molecule has 0 saturated carbocycles. The summed E-state index contributed by atoms with van der Waals surface area (Å²) in [5.41, 5.74) is 0. The van der Waals surface area contributed by atoms with Gasteiger partial charge < -0.3 is 0 Å². The molecule has 0 radical (unpaired) electrons. The Hall–Kier alpha value is -0.360. The lowest BCUT2D eigenvalue weighted by Crippen LogP contribution is -2.08. The molecule has 1 rings (SSSR count). The summed E-state index contributed by atoms with van der Waals surface area (Å²) in [6.07, 6.45) is 4.13. The Morgan fingerprint density at radius 3 is 2.71 bits per heavy atom. The fourth-order valence-electron chi connectivity index (χ4n) is 1.00. The van der Waals surface area contributed by atoms with Gasteiger partial charge in [0.15, 0.2) is 9.84 Å². The minimum absolute atomic E-state index is 0.277. The number of halogens is 1. The van der Waals surface area contributed by atoms with Gasteiger partial charge in [-0.15, -0.1) is 0 Å². The average molecular weight is 281 g/mol. The van der Waals surface area contributed by atoms with E-state index in [0.717, 1.165) is 11.9 Å². The van der Waals surface area contributed by atoms with Crippen molar-refractivity contribution in [2.24, 2.45) is 5.92 Å². The zero-order chi connectivity index (χ0) is 10.8. The standard InChI is InChI=1S/C8H13BrN2O2S/c1-7(3-9)5-11-6-8(4-10-11)14(2,12)13/h4,6-7H,3,5H2,1-2H3. The van der Waals surface area contributed by atoms with Crippen LogP contribution in [0.1, 0.15) is 6.92 Å². The number of sulfone groups is 1. The average Bonchev–Trinajstić information content (AvgIpc) is 2.51. The van der Waals surface area contributed by atoms with E-state index in [1.165, 1.54) is 12.5 Å². The van der Waals surface area contributed by atoms with Crippen molar-refractivity contribution < 1.29 is 8.42 Å². The van der Waals surface area contributed by atoms with Gasteiger partial charge in [-0.2, -0.15) is 5.10 Å². The minimum Gasteiger partial charge on any atom is -0.271 e. The normalized spacial score (nSPS) is 14.2. The van der Waals surface area contributed by atoms with Gasteiger partial charge in [0.2, 0.25) is 0 Å². The third kappa shape index (κ3) is 3.09. The number of rotatable bonds is 4. The van der Waals surface area contributed by atoms with Crippen LogP contribution in [0.15, 0.2) is 17.3 Å². The largest absolute Gasteiger partial charge is 0.271 e. The van der Waals surface area contributed by atoms with E-state index in [0.29, 0.717) is 5.92 Å². The molecule has 6 heteroatoms. The van der Waals surface area contributed by atoms with Gasteiger partial charge in [-0.05, 0) is 5.92 Å². The van der Waals surface area contributed by atoms with Crippen molar-refractivity contribution >= 4 is 25.8 Å². The van der Waals surface area contributed by atoms with Gasteiger partial charge in [0.1, 0.15) is 4.90 Å². The highest BCUT2D eigenvalue weighted by Gasteiger charge is 2.10. The highest BCUT2D eigenvalue weighted by atomic mass is 79.9. The first-order valence-electron chi connectivity index (χ1n) is 4.22. The maximum atomic E-state index is 11.1. The first-order chi connectivity index (χ1) is 6.43. The molecule has 0 fully saturated rings. The third-order valence-electron chi connectivity index (χ3n) is 1.80. The van der Waals surface area contributed by atoms with Gasteiger partial charge in [-0.3, -0.25) is 4.68 Å². The molecule has 0 saturated heterocycles. The maximum Gasteiger partial charge on any atom is 0.178 e. The van der Waals surface area contributed by atoms with Crippen LogP contribution >= 0.6 is 15.9 Å². The summed E-state index contributed by atoms with van der Waals surface area (Å²) >= 11 is 3.36. The van der Waals surface area contributed by atoms with E-state index in [9.17, 15) is 8.42 Å². The van der Waals surface area contributed by atoms with Gasteiger partial charge >= 0.3 is 0 Å². The van der Waals surface area contributed by atoms with Gasteiger partial charge in [-0.25, -0.2) is 8.42 Å². The summed E-state index contributed by atoms with van der Waals surface area (Å²) < 4.78 is 23.9.